The molecule has 0 saturated heterocycles. The Balaban J connectivity index is 2.10. The van der Waals surface area contributed by atoms with Gasteiger partial charge >= 0.3 is 0 Å². The molecule has 0 aliphatic rings. The van der Waals surface area contributed by atoms with Gasteiger partial charge in [0.15, 0.2) is 10.4 Å². The summed E-state index contributed by atoms with van der Waals surface area (Å²) < 4.78 is 9.04. The first kappa shape index (κ1) is 13.5. The number of aromatic amines is 1. The number of nitrogens with zero attached hydrogens (tertiary/aromatic N) is 2. The molecule has 2 aromatic rings. The summed E-state index contributed by atoms with van der Waals surface area (Å²) >= 11 is 8.66. The number of halogens is 1. The number of hydrogen-bond donors (Lipinski definition) is 1. The van der Waals surface area contributed by atoms with E-state index < -0.39 is 0 Å². The van der Waals surface area contributed by atoms with Crippen molar-refractivity contribution in [1.82, 2.24) is 14.5 Å². The lowest BCUT2D eigenvalue weighted by Gasteiger charge is -2.04. The Morgan fingerprint density at radius 3 is 3.17 bits per heavy atom. The van der Waals surface area contributed by atoms with Crippen molar-refractivity contribution in [1.29, 1.82) is 0 Å². The zero-order valence-corrected chi connectivity index (χ0v) is 12.3. The van der Waals surface area contributed by atoms with E-state index in [0.29, 0.717) is 24.5 Å². The van der Waals surface area contributed by atoms with E-state index in [1.807, 2.05) is 16.7 Å². The zero-order chi connectivity index (χ0) is 13.0. The molecule has 0 radical (unpaired) electrons. The topological polar surface area (TPSA) is 42.8 Å². The van der Waals surface area contributed by atoms with Gasteiger partial charge in [0, 0.05) is 10.7 Å². The van der Waals surface area contributed by atoms with Crippen LogP contribution >= 0.6 is 28.1 Å². The number of pyridine rings is 1. The van der Waals surface area contributed by atoms with Crippen molar-refractivity contribution in [2.45, 2.75) is 13.0 Å². The van der Waals surface area contributed by atoms with Gasteiger partial charge in [-0.1, -0.05) is 6.08 Å². The third kappa shape index (κ3) is 3.07. The number of ether oxygens (including phenoxy) is 1. The van der Waals surface area contributed by atoms with E-state index in [1.165, 1.54) is 0 Å². The molecule has 4 nitrogen and oxygen atoms in total. The molecule has 1 N–H and O–H groups in total. The number of hydrogen-bond acceptors (Lipinski definition) is 3. The second-order valence-corrected chi connectivity index (χ2v) is 5.10. The zero-order valence-electron chi connectivity index (χ0n) is 9.86. The van der Waals surface area contributed by atoms with E-state index >= 15 is 0 Å². The summed E-state index contributed by atoms with van der Waals surface area (Å²) in [6, 6.07) is 1.97. The minimum atomic E-state index is 0.618. The van der Waals surface area contributed by atoms with Gasteiger partial charge in [-0.2, -0.15) is 0 Å². The first-order valence-electron chi connectivity index (χ1n) is 5.65. The van der Waals surface area contributed by atoms with Gasteiger partial charge in [-0.3, -0.25) is 4.57 Å². The summed E-state index contributed by atoms with van der Waals surface area (Å²) in [5.41, 5.74) is 1.79. The molecule has 0 unspecified atom stereocenters. The Hall–Kier alpha value is -0.980. The summed E-state index contributed by atoms with van der Waals surface area (Å²) in [7, 11) is 0. The monoisotopic (exact) mass is 327 g/mol. The molecule has 0 aliphatic carbocycles. The highest BCUT2D eigenvalue weighted by molar-refractivity contribution is 9.10. The molecule has 0 atom stereocenters. The smallest absolute Gasteiger partial charge is 0.179 e. The molecule has 0 amide bonds. The van der Waals surface area contributed by atoms with E-state index in [4.69, 9.17) is 17.0 Å². The Bertz CT molecular complexity index is 605. The third-order valence-corrected chi connectivity index (χ3v) is 3.26. The van der Waals surface area contributed by atoms with Gasteiger partial charge in [0.2, 0.25) is 0 Å². The Labute approximate surface area is 119 Å². The second-order valence-electron chi connectivity index (χ2n) is 3.80. The normalized spacial score (nSPS) is 10.9. The minimum Gasteiger partial charge on any atom is -0.379 e. The van der Waals surface area contributed by atoms with Gasteiger partial charge < -0.3 is 9.72 Å². The van der Waals surface area contributed by atoms with Crippen molar-refractivity contribution < 1.29 is 4.74 Å². The number of aromatic nitrogens is 3. The van der Waals surface area contributed by atoms with E-state index in [-0.39, 0.29) is 0 Å². The molecule has 18 heavy (non-hydrogen) atoms. The van der Waals surface area contributed by atoms with Crippen LogP contribution in [-0.2, 0) is 11.3 Å². The molecular formula is C12H14BrN3OS. The average Bonchev–Trinajstić information content (AvgIpc) is 2.64. The highest BCUT2D eigenvalue weighted by atomic mass is 79.9. The third-order valence-electron chi connectivity index (χ3n) is 2.50. The van der Waals surface area contributed by atoms with Crippen LogP contribution in [0.5, 0.6) is 0 Å². The molecule has 2 heterocycles. The highest BCUT2D eigenvalue weighted by Crippen LogP contribution is 2.16. The molecule has 2 aromatic heterocycles. The van der Waals surface area contributed by atoms with Crippen LogP contribution in [0.25, 0.3) is 11.2 Å². The van der Waals surface area contributed by atoms with Gasteiger partial charge in [0.1, 0.15) is 0 Å². The number of nitrogens with one attached hydrogen (secondary N) is 1. The largest absolute Gasteiger partial charge is 0.379 e. The summed E-state index contributed by atoms with van der Waals surface area (Å²) in [5, 5.41) is 0. The second kappa shape index (κ2) is 6.26. The summed E-state index contributed by atoms with van der Waals surface area (Å²) in [4.78, 5) is 7.50. The fourth-order valence-electron chi connectivity index (χ4n) is 1.65. The van der Waals surface area contributed by atoms with Crippen LogP contribution in [0.2, 0.25) is 0 Å². The highest BCUT2D eigenvalue weighted by Gasteiger charge is 2.05. The van der Waals surface area contributed by atoms with Crippen LogP contribution in [0.4, 0.5) is 0 Å². The maximum Gasteiger partial charge on any atom is 0.179 e. The SMILES string of the molecule is C=CCCOCCn1c(=S)[nH]c2cc(Br)cnc21. The van der Waals surface area contributed by atoms with Crippen LogP contribution in [0.15, 0.2) is 29.4 Å². The van der Waals surface area contributed by atoms with Gasteiger partial charge in [-0.05, 0) is 40.6 Å². The van der Waals surface area contributed by atoms with E-state index in [9.17, 15) is 0 Å². The molecular weight excluding hydrogens is 314 g/mol. The van der Waals surface area contributed by atoms with Crippen LogP contribution in [-0.4, -0.2) is 27.7 Å². The van der Waals surface area contributed by atoms with Crippen LogP contribution in [0, 0.1) is 4.77 Å². The lowest BCUT2D eigenvalue weighted by atomic mass is 10.4. The fourth-order valence-corrected chi connectivity index (χ4v) is 2.27. The quantitative estimate of drug-likeness (QED) is 0.502. The van der Waals surface area contributed by atoms with E-state index in [0.717, 1.165) is 22.1 Å². The summed E-state index contributed by atoms with van der Waals surface area (Å²) in [6.45, 7) is 5.66. The van der Waals surface area contributed by atoms with Crippen LogP contribution in [0.1, 0.15) is 6.42 Å². The van der Waals surface area contributed by atoms with Crippen LogP contribution < -0.4 is 0 Å². The molecule has 96 valence electrons. The summed E-state index contributed by atoms with van der Waals surface area (Å²) in [5.74, 6) is 0. The molecule has 0 aliphatic heterocycles. The number of rotatable bonds is 6. The lowest BCUT2D eigenvalue weighted by Crippen LogP contribution is -2.07. The van der Waals surface area contributed by atoms with Gasteiger partial charge in [0.05, 0.1) is 25.3 Å². The molecule has 0 fully saturated rings. The predicted octanol–water partition coefficient (Wildman–Crippen LogP) is 3.45. The molecule has 2 rings (SSSR count). The van der Waals surface area contributed by atoms with Crippen molar-refractivity contribution in [3.8, 4) is 0 Å². The predicted molar refractivity (Wildman–Crippen MR) is 78.3 cm³/mol. The molecule has 0 aromatic carbocycles. The fraction of sp³-hybridized carbons (Fsp3) is 0.333. The van der Waals surface area contributed by atoms with Crippen molar-refractivity contribution in [2.24, 2.45) is 0 Å². The van der Waals surface area contributed by atoms with E-state index in [1.54, 1.807) is 6.20 Å². The first-order valence-corrected chi connectivity index (χ1v) is 6.85. The van der Waals surface area contributed by atoms with E-state index in [2.05, 4.69) is 32.5 Å². The Morgan fingerprint density at radius 1 is 1.56 bits per heavy atom. The molecule has 0 bridgehead atoms. The van der Waals surface area contributed by atoms with Crippen LogP contribution in [0.3, 0.4) is 0 Å². The first-order chi connectivity index (χ1) is 8.72. The number of imidazole rings is 1. The van der Waals surface area contributed by atoms with Gasteiger partial charge in [-0.15, -0.1) is 6.58 Å². The lowest BCUT2D eigenvalue weighted by molar-refractivity contribution is 0.131. The standard InChI is InChI=1S/C12H14BrN3OS/c1-2-3-5-17-6-4-16-11-10(15-12(16)18)7-9(13)8-14-11/h2,7-8H,1,3-6H2,(H,15,18). The molecule has 6 heteroatoms. The number of fused-ring (bicyclic) bond motifs is 1. The van der Waals surface area contributed by atoms with Crippen molar-refractivity contribution >= 4 is 39.3 Å². The van der Waals surface area contributed by atoms with Gasteiger partial charge in [0.25, 0.3) is 0 Å². The van der Waals surface area contributed by atoms with Crippen molar-refractivity contribution in [2.75, 3.05) is 13.2 Å². The minimum absolute atomic E-state index is 0.618. The molecule has 0 spiro atoms. The maximum atomic E-state index is 5.49. The average molecular weight is 328 g/mol. The Morgan fingerprint density at radius 2 is 2.39 bits per heavy atom. The Kier molecular flexibility index (Phi) is 4.68. The summed E-state index contributed by atoms with van der Waals surface area (Å²) in [6.07, 6.45) is 4.47. The van der Waals surface area contributed by atoms with Crippen molar-refractivity contribution in [3.05, 3.63) is 34.2 Å². The van der Waals surface area contributed by atoms with Gasteiger partial charge in [-0.25, -0.2) is 4.98 Å². The number of H-pyrrole nitrogens is 1. The maximum absolute atomic E-state index is 5.49. The molecule has 0 saturated carbocycles. The van der Waals surface area contributed by atoms with Crippen molar-refractivity contribution in [3.63, 3.8) is 0 Å².